The van der Waals surface area contributed by atoms with Crippen molar-refractivity contribution in [3.8, 4) is 17.2 Å². The van der Waals surface area contributed by atoms with Gasteiger partial charge in [0.15, 0.2) is 11.5 Å². The number of para-hydroxylation sites is 1. The molecule has 0 aliphatic rings. The number of nitrogens with one attached hydrogen (secondary N) is 2. The number of rotatable bonds is 11. The highest BCUT2D eigenvalue weighted by Crippen LogP contribution is 2.31. The average molecular weight is 528 g/mol. The van der Waals surface area contributed by atoms with Crippen molar-refractivity contribution in [1.29, 1.82) is 0 Å². The first-order valence-electron chi connectivity index (χ1n) is 11.6. The van der Waals surface area contributed by atoms with Gasteiger partial charge in [0.1, 0.15) is 5.75 Å². The third-order valence-electron chi connectivity index (χ3n) is 5.88. The van der Waals surface area contributed by atoms with Gasteiger partial charge in [-0.1, -0.05) is 24.3 Å². The Morgan fingerprint density at radius 2 is 1.65 bits per heavy atom. The molecule has 3 aromatic rings. The molecule has 0 saturated heterocycles. The third-order valence-corrected chi connectivity index (χ3v) is 7.67. The standard InChI is InChI=1S/C27H33N3O6S/c1-18(19-10-12-23(34-4)13-11-19)29-27(31)21-14-22(16-24(15-21)37(32,33)30(2)3)28-17-20-8-7-9-25(35-5)26(20)36-6/h7-16,18,28H,17H2,1-6H3,(H,29,31)/t18-/m1/s1. The fraction of sp³-hybridized carbons (Fsp3) is 0.296. The minimum Gasteiger partial charge on any atom is -0.497 e. The molecule has 3 aromatic carbocycles. The van der Waals surface area contributed by atoms with Crippen molar-refractivity contribution in [2.24, 2.45) is 0 Å². The summed E-state index contributed by atoms with van der Waals surface area (Å²) in [6.45, 7) is 2.17. The molecule has 0 bridgehead atoms. The van der Waals surface area contributed by atoms with Crippen LogP contribution in [0.4, 0.5) is 5.69 Å². The molecule has 9 nitrogen and oxygen atoms in total. The zero-order valence-electron chi connectivity index (χ0n) is 21.9. The van der Waals surface area contributed by atoms with Crippen molar-refractivity contribution in [3.05, 3.63) is 77.4 Å². The van der Waals surface area contributed by atoms with Crippen LogP contribution in [0.3, 0.4) is 0 Å². The zero-order valence-corrected chi connectivity index (χ0v) is 22.7. The van der Waals surface area contributed by atoms with Crippen LogP contribution in [0.25, 0.3) is 0 Å². The lowest BCUT2D eigenvalue weighted by Crippen LogP contribution is -2.27. The Morgan fingerprint density at radius 1 is 0.946 bits per heavy atom. The molecule has 0 spiro atoms. The molecule has 0 aliphatic carbocycles. The summed E-state index contributed by atoms with van der Waals surface area (Å²) in [4.78, 5) is 13.2. The van der Waals surface area contributed by atoms with E-state index in [4.69, 9.17) is 14.2 Å². The summed E-state index contributed by atoms with van der Waals surface area (Å²) in [7, 11) is 3.80. The van der Waals surface area contributed by atoms with E-state index in [0.717, 1.165) is 15.4 Å². The molecule has 198 valence electrons. The number of ether oxygens (including phenoxy) is 3. The molecule has 1 amide bonds. The van der Waals surface area contributed by atoms with E-state index in [0.29, 0.717) is 29.5 Å². The van der Waals surface area contributed by atoms with Crippen LogP contribution in [0.1, 0.15) is 34.5 Å². The topological polar surface area (TPSA) is 106 Å². The van der Waals surface area contributed by atoms with Crippen LogP contribution >= 0.6 is 0 Å². The van der Waals surface area contributed by atoms with Gasteiger partial charge in [-0.05, 0) is 48.9 Å². The molecule has 2 N–H and O–H groups in total. The Kier molecular flexibility index (Phi) is 9.01. The Bertz CT molecular complexity index is 1340. The monoisotopic (exact) mass is 527 g/mol. The van der Waals surface area contributed by atoms with Crippen LogP contribution in [0.5, 0.6) is 17.2 Å². The van der Waals surface area contributed by atoms with Crippen molar-refractivity contribution in [2.45, 2.75) is 24.4 Å². The normalized spacial score (nSPS) is 12.1. The van der Waals surface area contributed by atoms with E-state index in [2.05, 4.69) is 10.6 Å². The SMILES string of the molecule is COc1ccc([C@@H](C)NC(=O)c2cc(NCc3cccc(OC)c3OC)cc(S(=O)(=O)N(C)C)c2)cc1. The summed E-state index contributed by atoms with van der Waals surface area (Å²) in [6, 6.07) is 17.1. The summed E-state index contributed by atoms with van der Waals surface area (Å²) in [5, 5.41) is 6.16. The number of amides is 1. The number of benzene rings is 3. The van der Waals surface area contributed by atoms with Crippen molar-refractivity contribution < 1.29 is 27.4 Å². The summed E-state index contributed by atoms with van der Waals surface area (Å²) >= 11 is 0. The molecule has 0 radical (unpaired) electrons. The Labute approximate surface area is 218 Å². The van der Waals surface area contributed by atoms with Crippen molar-refractivity contribution in [1.82, 2.24) is 9.62 Å². The lowest BCUT2D eigenvalue weighted by molar-refractivity contribution is 0.0939. The van der Waals surface area contributed by atoms with Crippen LogP contribution in [0, 0.1) is 0 Å². The summed E-state index contributed by atoms with van der Waals surface area (Å²) < 4.78 is 43.0. The molecular formula is C27H33N3O6S. The highest BCUT2D eigenvalue weighted by molar-refractivity contribution is 7.89. The predicted octanol–water partition coefficient (Wildman–Crippen LogP) is 4.07. The van der Waals surface area contributed by atoms with Crippen molar-refractivity contribution in [3.63, 3.8) is 0 Å². The van der Waals surface area contributed by atoms with Gasteiger partial charge in [0.2, 0.25) is 10.0 Å². The Balaban J connectivity index is 1.91. The molecular weight excluding hydrogens is 494 g/mol. The van der Waals surface area contributed by atoms with E-state index < -0.39 is 15.9 Å². The number of nitrogens with zero attached hydrogens (tertiary/aromatic N) is 1. The first-order valence-corrected chi connectivity index (χ1v) is 13.0. The van der Waals surface area contributed by atoms with Gasteiger partial charge in [-0.25, -0.2) is 12.7 Å². The highest BCUT2D eigenvalue weighted by atomic mass is 32.2. The van der Waals surface area contributed by atoms with Gasteiger partial charge in [-0.2, -0.15) is 0 Å². The van der Waals surface area contributed by atoms with Gasteiger partial charge < -0.3 is 24.8 Å². The largest absolute Gasteiger partial charge is 0.497 e. The minimum atomic E-state index is -3.80. The van der Waals surface area contributed by atoms with Gasteiger partial charge in [0, 0.05) is 37.5 Å². The molecule has 0 heterocycles. The van der Waals surface area contributed by atoms with E-state index >= 15 is 0 Å². The molecule has 10 heteroatoms. The van der Waals surface area contributed by atoms with E-state index in [1.165, 1.54) is 26.2 Å². The Hall–Kier alpha value is -3.76. The second-order valence-corrected chi connectivity index (χ2v) is 10.7. The van der Waals surface area contributed by atoms with Crippen molar-refractivity contribution in [2.75, 3.05) is 40.7 Å². The van der Waals surface area contributed by atoms with E-state index in [9.17, 15) is 13.2 Å². The molecule has 3 rings (SSSR count). The van der Waals surface area contributed by atoms with E-state index in [1.54, 1.807) is 33.5 Å². The van der Waals surface area contributed by atoms with Crippen LogP contribution in [0.15, 0.2) is 65.6 Å². The highest BCUT2D eigenvalue weighted by Gasteiger charge is 2.22. The number of anilines is 1. The maximum atomic E-state index is 13.2. The van der Waals surface area contributed by atoms with E-state index in [1.807, 2.05) is 43.3 Å². The van der Waals surface area contributed by atoms with Crippen LogP contribution in [-0.2, 0) is 16.6 Å². The number of methoxy groups -OCH3 is 3. The Morgan fingerprint density at radius 3 is 2.24 bits per heavy atom. The number of hydrogen-bond acceptors (Lipinski definition) is 7. The van der Waals surface area contributed by atoms with E-state index in [-0.39, 0.29) is 16.5 Å². The number of sulfonamides is 1. The second kappa shape index (κ2) is 12.0. The average Bonchev–Trinajstić information content (AvgIpc) is 2.91. The quantitative estimate of drug-likeness (QED) is 0.387. The summed E-state index contributed by atoms with van der Waals surface area (Å²) in [5.74, 6) is 1.47. The van der Waals surface area contributed by atoms with Gasteiger partial charge in [0.25, 0.3) is 5.91 Å². The summed E-state index contributed by atoms with van der Waals surface area (Å²) in [5.41, 5.74) is 2.37. The van der Waals surface area contributed by atoms with Gasteiger partial charge in [-0.15, -0.1) is 0 Å². The molecule has 0 aromatic heterocycles. The van der Waals surface area contributed by atoms with Crippen molar-refractivity contribution >= 4 is 21.6 Å². The summed E-state index contributed by atoms with van der Waals surface area (Å²) in [6.07, 6.45) is 0. The molecule has 0 fully saturated rings. The zero-order chi connectivity index (χ0) is 27.2. The minimum absolute atomic E-state index is 0.00218. The maximum Gasteiger partial charge on any atom is 0.251 e. The van der Waals surface area contributed by atoms with Gasteiger partial charge in [-0.3, -0.25) is 4.79 Å². The van der Waals surface area contributed by atoms with Crippen LogP contribution in [-0.4, -0.2) is 54.1 Å². The number of carbonyl (C=O) groups is 1. The first-order chi connectivity index (χ1) is 17.6. The molecule has 0 unspecified atom stereocenters. The third kappa shape index (κ3) is 6.52. The lowest BCUT2D eigenvalue weighted by atomic mass is 10.1. The molecule has 0 saturated carbocycles. The van der Waals surface area contributed by atoms with Crippen LogP contribution in [0.2, 0.25) is 0 Å². The fourth-order valence-electron chi connectivity index (χ4n) is 3.74. The second-order valence-electron chi connectivity index (χ2n) is 8.51. The maximum absolute atomic E-state index is 13.2. The van der Waals surface area contributed by atoms with Gasteiger partial charge >= 0.3 is 0 Å². The molecule has 1 atom stereocenters. The first kappa shape index (κ1) is 27.8. The lowest BCUT2D eigenvalue weighted by Gasteiger charge is -2.18. The molecule has 37 heavy (non-hydrogen) atoms. The number of carbonyl (C=O) groups excluding carboxylic acids is 1. The fourth-order valence-corrected chi connectivity index (χ4v) is 4.71. The number of hydrogen-bond donors (Lipinski definition) is 2. The van der Waals surface area contributed by atoms with Crippen LogP contribution < -0.4 is 24.8 Å². The predicted molar refractivity (Wildman–Crippen MR) is 143 cm³/mol. The smallest absolute Gasteiger partial charge is 0.251 e. The molecule has 0 aliphatic heterocycles. The van der Waals surface area contributed by atoms with Gasteiger partial charge in [0.05, 0.1) is 32.3 Å².